The Morgan fingerprint density at radius 2 is 2.16 bits per heavy atom. The Morgan fingerprint density at radius 1 is 1.53 bits per heavy atom. The molecule has 102 valence electrons. The quantitative estimate of drug-likeness (QED) is 0.634. The fourth-order valence-corrected chi connectivity index (χ4v) is 1.67. The molecule has 0 radical (unpaired) electrons. The molecule has 0 aliphatic carbocycles. The van der Waals surface area contributed by atoms with Crippen LogP contribution >= 0.6 is 11.6 Å². The predicted octanol–water partition coefficient (Wildman–Crippen LogP) is 1.84. The summed E-state index contributed by atoms with van der Waals surface area (Å²) in [4.78, 5) is 32.1. The van der Waals surface area contributed by atoms with Crippen LogP contribution < -0.4 is 5.32 Å². The predicted molar refractivity (Wildman–Crippen MR) is 67.3 cm³/mol. The van der Waals surface area contributed by atoms with Gasteiger partial charge in [-0.05, 0) is 19.1 Å². The monoisotopic (exact) mass is 286 g/mol. The molecule has 0 saturated carbocycles. The maximum Gasteiger partial charge on any atom is 0.305 e. The second kappa shape index (κ2) is 6.14. The van der Waals surface area contributed by atoms with Crippen LogP contribution in [-0.2, 0) is 4.79 Å². The zero-order chi connectivity index (χ0) is 14.6. The van der Waals surface area contributed by atoms with Crippen LogP contribution in [0.25, 0.3) is 0 Å². The second-order valence-corrected chi connectivity index (χ2v) is 4.30. The summed E-state index contributed by atoms with van der Waals surface area (Å²) in [6.45, 7) is 1.54. The Labute approximate surface area is 113 Å². The van der Waals surface area contributed by atoms with E-state index in [0.717, 1.165) is 6.07 Å². The van der Waals surface area contributed by atoms with Gasteiger partial charge in [0.05, 0.1) is 11.3 Å². The van der Waals surface area contributed by atoms with E-state index in [1.165, 1.54) is 12.1 Å². The van der Waals surface area contributed by atoms with Crippen LogP contribution in [0.1, 0.15) is 23.7 Å². The lowest BCUT2D eigenvalue weighted by Gasteiger charge is -2.11. The minimum Gasteiger partial charge on any atom is -0.481 e. The Bertz CT molecular complexity index is 532. The van der Waals surface area contributed by atoms with Crippen LogP contribution in [0.3, 0.4) is 0 Å². The largest absolute Gasteiger partial charge is 0.481 e. The molecular weight excluding hydrogens is 276 g/mol. The molecule has 0 spiro atoms. The lowest BCUT2D eigenvalue weighted by molar-refractivity contribution is -0.384. The Kier molecular flexibility index (Phi) is 4.82. The summed E-state index contributed by atoms with van der Waals surface area (Å²) in [7, 11) is 0. The fourth-order valence-electron chi connectivity index (χ4n) is 1.42. The number of nitro benzene ring substituents is 1. The SMILES string of the molecule is CC(CC(=O)O)NC(=O)c1ccc([N+](=O)[O-])c(Cl)c1. The van der Waals surface area contributed by atoms with Gasteiger partial charge in [-0.1, -0.05) is 11.6 Å². The van der Waals surface area contributed by atoms with Crippen molar-refractivity contribution < 1.29 is 19.6 Å². The van der Waals surface area contributed by atoms with Crippen molar-refractivity contribution in [1.29, 1.82) is 0 Å². The number of carbonyl (C=O) groups excluding carboxylic acids is 1. The third-order valence-electron chi connectivity index (χ3n) is 2.26. The van der Waals surface area contributed by atoms with Gasteiger partial charge in [0.1, 0.15) is 5.02 Å². The number of nitro groups is 1. The number of hydrogen-bond donors (Lipinski definition) is 2. The van der Waals surface area contributed by atoms with Crippen LogP contribution in [0.2, 0.25) is 5.02 Å². The summed E-state index contributed by atoms with van der Waals surface area (Å²) in [5.41, 5.74) is -0.162. The highest BCUT2D eigenvalue weighted by Crippen LogP contribution is 2.24. The van der Waals surface area contributed by atoms with Crippen molar-refractivity contribution >= 4 is 29.2 Å². The molecule has 0 aliphatic heterocycles. The number of nitrogens with one attached hydrogen (secondary N) is 1. The van der Waals surface area contributed by atoms with E-state index in [-0.39, 0.29) is 22.7 Å². The molecule has 1 aromatic carbocycles. The smallest absolute Gasteiger partial charge is 0.305 e. The number of amides is 1. The molecule has 1 unspecified atom stereocenters. The van der Waals surface area contributed by atoms with Gasteiger partial charge in [-0.2, -0.15) is 0 Å². The molecule has 19 heavy (non-hydrogen) atoms. The fraction of sp³-hybridized carbons (Fsp3) is 0.273. The molecular formula is C11H11ClN2O5. The zero-order valence-electron chi connectivity index (χ0n) is 9.92. The number of carbonyl (C=O) groups is 2. The van der Waals surface area contributed by atoms with Gasteiger partial charge in [0.15, 0.2) is 0 Å². The van der Waals surface area contributed by atoms with E-state index in [9.17, 15) is 19.7 Å². The first-order chi connectivity index (χ1) is 8.81. The number of halogens is 1. The Morgan fingerprint density at radius 3 is 2.63 bits per heavy atom. The summed E-state index contributed by atoms with van der Waals surface area (Å²) in [5, 5.41) is 21.4. The van der Waals surface area contributed by atoms with E-state index in [1.807, 2.05) is 0 Å². The minimum atomic E-state index is -1.03. The van der Waals surface area contributed by atoms with Gasteiger partial charge in [0.2, 0.25) is 0 Å². The maximum absolute atomic E-state index is 11.7. The van der Waals surface area contributed by atoms with Crippen molar-refractivity contribution in [2.45, 2.75) is 19.4 Å². The summed E-state index contributed by atoms with van der Waals surface area (Å²) < 4.78 is 0. The van der Waals surface area contributed by atoms with E-state index in [4.69, 9.17) is 16.7 Å². The van der Waals surface area contributed by atoms with Crippen molar-refractivity contribution in [3.63, 3.8) is 0 Å². The van der Waals surface area contributed by atoms with Gasteiger partial charge in [-0.25, -0.2) is 0 Å². The molecule has 7 nitrogen and oxygen atoms in total. The number of carboxylic acid groups (broad SMARTS) is 1. The van der Waals surface area contributed by atoms with Crippen LogP contribution in [-0.4, -0.2) is 27.9 Å². The van der Waals surface area contributed by atoms with Gasteiger partial charge in [-0.15, -0.1) is 0 Å². The Balaban J connectivity index is 2.81. The van der Waals surface area contributed by atoms with E-state index in [0.29, 0.717) is 0 Å². The van der Waals surface area contributed by atoms with E-state index in [1.54, 1.807) is 6.92 Å². The van der Waals surface area contributed by atoms with E-state index in [2.05, 4.69) is 5.32 Å². The van der Waals surface area contributed by atoms with Crippen molar-refractivity contribution in [2.24, 2.45) is 0 Å². The summed E-state index contributed by atoms with van der Waals surface area (Å²) in [6.07, 6.45) is -0.216. The molecule has 1 amide bonds. The highest BCUT2D eigenvalue weighted by atomic mass is 35.5. The molecule has 1 rings (SSSR count). The number of nitrogens with zero attached hydrogens (tertiary/aromatic N) is 1. The number of benzene rings is 1. The van der Waals surface area contributed by atoms with Crippen LogP contribution in [0.5, 0.6) is 0 Å². The van der Waals surface area contributed by atoms with Crippen molar-refractivity contribution in [2.75, 3.05) is 0 Å². The molecule has 1 aromatic rings. The van der Waals surface area contributed by atoms with Crippen LogP contribution in [0, 0.1) is 10.1 Å². The standard InChI is InChI=1S/C11H11ClN2O5/c1-6(4-10(15)16)13-11(17)7-2-3-9(14(18)19)8(12)5-7/h2-3,5-6H,4H2,1H3,(H,13,17)(H,15,16). The van der Waals surface area contributed by atoms with Gasteiger partial charge in [-0.3, -0.25) is 19.7 Å². The van der Waals surface area contributed by atoms with E-state index >= 15 is 0 Å². The Hall–Kier alpha value is -2.15. The van der Waals surface area contributed by atoms with Crippen LogP contribution in [0.4, 0.5) is 5.69 Å². The maximum atomic E-state index is 11.7. The highest BCUT2D eigenvalue weighted by Gasteiger charge is 2.17. The first-order valence-corrected chi connectivity index (χ1v) is 5.65. The van der Waals surface area contributed by atoms with Crippen LogP contribution in [0.15, 0.2) is 18.2 Å². The van der Waals surface area contributed by atoms with Gasteiger partial charge >= 0.3 is 5.97 Å². The normalized spacial score (nSPS) is 11.7. The first kappa shape index (κ1) is 14.9. The van der Waals surface area contributed by atoms with Gasteiger partial charge in [0.25, 0.3) is 11.6 Å². The third kappa shape index (κ3) is 4.22. The molecule has 2 N–H and O–H groups in total. The summed E-state index contributed by atoms with van der Waals surface area (Å²) in [6, 6.07) is 2.99. The van der Waals surface area contributed by atoms with Crippen molar-refractivity contribution in [1.82, 2.24) is 5.32 Å². The average Bonchev–Trinajstić information content (AvgIpc) is 2.26. The van der Waals surface area contributed by atoms with E-state index < -0.39 is 22.8 Å². The number of carboxylic acids is 1. The third-order valence-corrected chi connectivity index (χ3v) is 2.57. The number of hydrogen-bond acceptors (Lipinski definition) is 4. The van der Waals surface area contributed by atoms with Gasteiger partial charge < -0.3 is 10.4 Å². The molecule has 0 aliphatic rings. The topological polar surface area (TPSA) is 110 Å². The van der Waals surface area contributed by atoms with Crippen molar-refractivity contribution in [3.8, 4) is 0 Å². The highest BCUT2D eigenvalue weighted by molar-refractivity contribution is 6.33. The zero-order valence-corrected chi connectivity index (χ0v) is 10.7. The first-order valence-electron chi connectivity index (χ1n) is 5.28. The lowest BCUT2D eigenvalue weighted by Crippen LogP contribution is -2.34. The molecule has 0 heterocycles. The second-order valence-electron chi connectivity index (χ2n) is 3.90. The average molecular weight is 287 g/mol. The summed E-state index contributed by atoms with van der Waals surface area (Å²) >= 11 is 5.67. The molecule has 8 heteroatoms. The molecule has 0 aromatic heterocycles. The minimum absolute atomic E-state index is 0.132. The molecule has 0 saturated heterocycles. The molecule has 1 atom stereocenters. The van der Waals surface area contributed by atoms with Crippen molar-refractivity contribution in [3.05, 3.63) is 38.9 Å². The van der Waals surface area contributed by atoms with Gasteiger partial charge in [0, 0.05) is 17.7 Å². The summed E-state index contributed by atoms with van der Waals surface area (Å²) in [5.74, 6) is -1.57. The number of rotatable bonds is 5. The lowest BCUT2D eigenvalue weighted by atomic mass is 10.1. The molecule has 0 fully saturated rings. The molecule has 0 bridgehead atoms. The number of aliphatic carboxylic acids is 1.